The van der Waals surface area contributed by atoms with Crippen LogP contribution in [0.2, 0.25) is 0 Å². The van der Waals surface area contributed by atoms with Crippen LogP contribution < -0.4 is 10.5 Å². The molecule has 5 nitrogen and oxygen atoms in total. The number of methoxy groups -OCH3 is 1. The van der Waals surface area contributed by atoms with Crippen molar-refractivity contribution in [3.8, 4) is 17.1 Å². The first-order valence-electron chi connectivity index (χ1n) is 6.01. The summed E-state index contributed by atoms with van der Waals surface area (Å²) in [4.78, 5) is 5.37. The molecule has 19 heavy (non-hydrogen) atoms. The first-order chi connectivity index (χ1) is 9.23. The Balaban J connectivity index is 2.54. The molecule has 6 heteroatoms. The molecule has 2 N–H and O–H groups in total. The summed E-state index contributed by atoms with van der Waals surface area (Å²) in [5, 5.41) is 3.96. The number of hydrogen-bond donors (Lipinski definition) is 1. The van der Waals surface area contributed by atoms with Gasteiger partial charge in [-0.1, -0.05) is 12.1 Å². The summed E-state index contributed by atoms with van der Waals surface area (Å²) in [6, 6.07) is 4.06. The Morgan fingerprint density at radius 1 is 1.42 bits per heavy atom. The van der Waals surface area contributed by atoms with Crippen molar-refractivity contribution in [2.24, 2.45) is 5.73 Å². The highest BCUT2D eigenvalue weighted by molar-refractivity contribution is 7.98. The smallest absolute Gasteiger partial charge is 0.240 e. The molecule has 2 rings (SSSR count). The molecule has 0 aliphatic heterocycles. The molecule has 0 atom stereocenters. The predicted octanol–water partition coefficient (Wildman–Crippen LogP) is 2.49. The number of aryl methyl sites for hydroxylation is 1. The number of rotatable bonds is 5. The molecular weight excluding hydrogens is 262 g/mol. The second-order valence-corrected chi connectivity index (χ2v) is 4.78. The zero-order chi connectivity index (χ0) is 13.8. The van der Waals surface area contributed by atoms with Crippen molar-refractivity contribution < 1.29 is 9.26 Å². The summed E-state index contributed by atoms with van der Waals surface area (Å²) in [5.41, 5.74) is 7.56. The lowest BCUT2D eigenvalue weighted by molar-refractivity contribution is 0.380. The van der Waals surface area contributed by atoms with E-state index < -0.39 is 0 Å². The molecular formula is C13H17N3O2S. The van der Waals surface area contributed by atoms with Crippen LogP contribution in [0.3, 0.4) is 0 Å². The zero-order valence-electron chi connectivity index (χ0n) is 11.3. The topological polar surface area (TPSA) is 74.2 Å². The fraction of sp³-hybridized carbons (Fsp3) is 0.385. The molecule has 2 aromatic rings. The molecule has 0 aliphatic rings. The second-order valence-electron chi connectivity index (χ2n) is 3.93. The van der Waals surface area contributed by atoms with Crippen LogP contribution in [-0.2, 0) is 13.0 Å². The highest BCUT2D eigenvalue weighted by atomic mass is 32.2. The van der Waals surface area contributed by atoms with Gasteiger partial charge >= 0.3 is 0 Å². The standard InChI is InChI=1S/C13H17N3O2S/c1-4-8-5-11(19-3)9(6-10(8)17-2)13-15-12(7-14)18-16-13/h5-6H,4,7,14H2,1-3H3. The van der Waals surface area contributed by atoms with Gasteiger partial charge in [0, 0.05) is 10.5 Å². The van der Waals surface area contributed by atoms with E-state index in [1.165, 1.54) is 0 Å². The Bertz CT molecular complexity index is 569. The van der Waals surface area contributed by atoms with Crippen molar-refractivity contribution in [2.75, 3.05) is 13.4 Å². The summed E-state index contributed by atoms with van der Waals surface area (Å²) >= 11 is 1.65. The molecule has 0 saturated carbocycles. The molecule has 1 heterocycles. The molecule has 0 aliphatic carbocycles. The van der Waals surface area contributed by atoms with Crippen molar-refractivity contribution >= 4 is 11.8 Å². The lowest BCUT2D eigenvalue weighted by Crippen LogP contribution is -1.97. The van der Waals surface area contributed by atoms with Gasteiger partial charge in [-0.15, -0.1) is 11.8 Å². The van der Waals surface area contributed by atoms with E-state index >= 15 is 0 Å². The maximum atomic E-state index is 5.49. The van der Waals surface area contributed by atoms with Gasteiger partial charge < -0.3 is 15.0 Å². The molecule has 0 fully saturated rings. The third-order valence-corrected chi connectivity index (χ3v) is 3.64. The van der Waals surface area contributed by atoms with Crippen molar-refractivity contribution in [1.82, 2.24) is 10.1 Å². The lowest BCUT2D eigenvalue weighted by Gasteiger charge is -2.11. The fourth-order valence-electron chi connectivity index (χ4n) is 1.86. The number of aromatic nitrogens is 2. The van der Waals surface area contributed by atoms with Gasteiger partial charge in [0.1, 0.15) is 5.75 Å². The van der Waals surface area contributed by atoms with E-state index in [1.54, 1.807) is 18.9 Å². The van der Waals surface area contributed by atoms with Gasteiger partial charge in [0.2, 0.25) is 11.7 Å². The summed E-state index contributed by atoms with van der Waals surface area (Å²) in [7, 11) is 1.67. The minimum atomic E-state index is 0.242. The highest BCUT2D eigenvalue weighted by Gasteiger charge is 2.15. The van der Waals surface area contributed by atoms with Gasteiger partial charge in [-0.3, -0.25) is 0 Å². The summed E-state index contributed by atoms with van der Waals surface area (Å²) < 4.78 is 10.5. The van der Waals surface area contributed by atoms with Crippen molar-refractivity contribution in [3.05, 3.63) is 23.6 Å². The van der Waals surface area contributed by atoms with Gasteiger partial charge in [0.15, 0.2) is 0 Å². The molecule has 0 radical (unpaired) electrons. The quantitative estimate of drug-likeness (QED) is 0.848. The molecule has 0 bridgehead atoms. The van der Waals surface area contributed by atoms with Crippen LogP contribution in [0.5, 0.6) is 5.75 Å². The molecule has 0 amide bonds. The molecule has 0 spiro atoms. The minimum absolute atomic E-state index is 0.242. The number of nitrogens with two attached hydrogens (primary N) is 1. The Hall–Kier alpha value is -1.53. The van der Waals surface area contributed by atoms with Crippen molar-refractivity contribution in [3.63, 3.8) is 0 Å². The SMILES string of the molecule is CCc1cc(SC)c(-c2noc(CN)n2)cc1OC. The minimum Gasteiger partial charge on any atom is -0.496 e. The van der Waals surface area contributed by atoms with Gasteiger partial charge in [0.05, 0.1) is 13.7 Å². The average Bonchev–Trinajstić information content (AvgIpc) is 2.94. The largest absolute Gasteiger partial charge is 0.496 e. The zero-order valence-corrected chi connectivity index (χ0v) is 12.1. The van der Waals surface area contributed by atoms with Crippen molar-refractivity contribution in [1.29, 1.82) is 0 Å². The Morgan fingerprint density at radius 3 is 2.74 bits per heavy atom. The Kier molecular flexibility index (Phi) is 4.44. The molecule has 1 aromatic heterocycles. The third-order valence-electron chi connectivity index (χ3n) is 2.87. The molecule has 102 valence electrons. The molecule has 1 aromatic carbocycles. The van der Waals surface area contributed by atoms with E-state index in [2.05, 4.69) is 23.1 Å². The van der Waals surface area contributed by atoms with E-state index in [4.69, 9.17) is 15.0 Å². The van der Waals surface area contributed by atoms with Gasteiger partial charge in [-0.2, -0.15) is 4.98 Å². The van der Waals surface area contributed by atoms with Crippen LogP contribution in [0.4, 0.5) is 0 Å². The fourth-order valence-corrected chi connectivity index (χ4v) is 2.49. The summed E-state index contributed by atoms with van der Waals surface area (Å²) in [6.45, 7) is 2.34. The second kappa shape index (κ2) is 6.08. The molecule has 0 saturated heterocycles. The predicted molar refractivity (Wildman–Crippen MR) is 75.3 cm³/mol. The van der Waals surface area contributed by atoms with Crippen LogP contribution >= 0.6 is 11.8 Å². The number of benzene rings is 1. The van der Waals surface area contributed by atoms with E-state index in [0.29, 0.717) is 11.7 Å². The van der Waals surface area contributed by atoms with Gasteiger partial charge in [-0.25, -0.2) is 0 Å². The average molecular weight is 279 g/mol. The highest BCUT2D eigenvalue weighted by Crippen LogP contribution is 2.34. The number of thioether (sulfide) groups is 1. The lowest BCUT2D eigenvalue weighted by atomic mass is 10.1. The number of hydrogen-bond acceptors (Lipinski definition) is 6. The summed E-state index contributed by atoms with van der Waals surface area (Å²) in [5.74, 6) is 1.82. The van der Waals surface area contributed by atoms with E-state index in [0.717, 1.165) is 28.2 Å². The van der Waals surface area contributed by atoms with E-state index in [1.807, 2.05) is 12.3 Å². The van der Waals surface area contributed by atoms with Crippen LogP contribution in [-0.4, -0.2) is 23.5 Å². The van der Waals surface area contributed by atoms with E-state index in [9.17, 15) is 0 Å². The monoisotopic (exact) mass is 279 g/mol. The number of ether oxygens (including phenoxy) is 1. The first kappa shape index (κ1) is 13.9. The normalized spacial score (nSPS) is 10.7. The Labute approximate surface area is 116 Å². The van der Waals surface area contributed by atoms with E-state index in [-0.39, 0.29) is 6.54 Å². The van der Waals surface area contributed by atoms with Crippen LogP contribution in [0.15, 0.2) is 21.6 Å². The first-order valence-corrected chi connectivity index (χ1v) is 7.23. The summed E-state index contributed by atoms with van der Waals surface area (Å²) in [6.07, 6.45) is 2.94. The maximum Gasteiger partial charge on any atom is 0.240 e. The third kappa shape index (κ3) is 2.74. The van der Waals surface area contributed by atoms with Crippen LogP contribution in [0.1, 0.15) is 18.4 Å². The van der Waals surface area contributed by atoms with Gasteiger partial charge in [0.25, 0.3) is 0 Å². The van der Waals surface area contributed by atoms with Crippen molar-refractivity contribution in [2.45, 2.75) is 24.8 Å². The Morgan fingerprint density at radius 2 is 2.21 bits per heavy atom. The van der Waals surface area contributed by atoms with Crippen LogP contribution in [0, 0.1) is 0 Å². The molecule has 0 unspecified atom stereocenters. The van der Waals surface area contributed by atoms with Crippen LogP contribution in [0.25, 0.3) is 11.4 Å². The van der Waals surface area contributed by atoms with Gasteiger partial charge in [-0.05, 0) is 30.4 Å². The maximum absolute atomic E-state index is 5.49. The number of nitrogens with zero attached hydrogens (tertiary/aromatic N) is 2.